The van der Waals surface area contributed by atoms with Gasteiger partial charge in [-0.2, -0.15) is 0 Å². The third-order valence-electron chi connectivity index (χ3n) is 2.98. The minimum absolute atomic E-state index is 0.0526. The van der Waals surface area contributed by atoms with Crippen molar-refractivity contribution in [1.82, 2.24) is 4.90 Å². The van der Waals surface area contributed by atoms with Crippen molar-refractivity contribution in [2.45, 2.75) is 13.3 Å². The highest BCUT2D eigenvalue weighted by Gasteiger charge is 2.15. The van der Waals surface area contributed by atoms with Gasteiger partial charge in [0, 0.05) is 13.6 Å². The lowest BCUT2D eigenvalue weighted by molar-refractivity contribution is -0.128. The van der Waals surface area contributed by atoms with Gasteiger partial charge in [0.05, 0.1) is 27.8 Å². The first-order valence-corrected chi connectivity index (χ1v) is 6.10. The van der Waals surface area contributed by atoms with Gasteiger partial charge in [0.15, 0.2) is 11.5 Å². The Labute approximate surface area is 114 Å². The number of carbonyl (C=O) groups is 1. The van der Waals surface area contributed by atoms with Gasteiger partial charge in [-0.15, -0.1) is 0 Å². The van der Waals surface area contributed by atoms with Crippen LogP contribution in [0.15, 0.2) is 12.1 Å². The van der Waals surface area contributed by atoms with E-state index in [0.29, 0.717) is 30.2 Å². The molecule has 0 aromatic heterocycles. The molecule has 1 rings (SSSR count). The Morgan fingerprint density at radius 3 is 2.00 bits per heavy atom. The van der Waals surface area contributed by atoms with Crippen LogP contribution in [0.5, 0.6) is 17.2 Å². The van der Waals surface area contributed by atoms with E-state index in [1.807, 2.05) is 6.92 Å². The SMILES string of the molecule is CCN(C)C(=O)Cc1cc(OC)c(OC)c(OC)c1. The van der Waals surface area contributed by atoms with Crippen LogP contribution in [0.4, 0.5) is 0 Å². The Bertz CT molecular complexity index is 420. The van der Waals surface area contributed by atoms with Gasteiger partial charge in [-0.05, 0) is 24.6 Å². The number of hydrogen-bond acceptors (Lipinski definition) is 4. The third kappa shape index (κ3) is 3.53. The minimum atomic E-state index is 0.0526. The van der Waals surface area contributed by atoms with E-state index in [2.05, 4.69) is 0 Å². The van der Waals surface area contributed by atoms with Gasteiger partial charge in [0.25, 0.3) is 0 Å². The van der Waals surface area contributed by atoms with E-state index in [1.165, 1.54) is 0 Å². The molecule has 1 aromatic rings. The van der Waals surface area contributed by atoms with Gasteiger partial charge in [-0.3, -0.25) is 4.79 Å². The standard InChI is InChI=1S/C14H21NO4/c1-6-15(2)13(16)9-10-7-11(17-3)14(19-5)12(8-10)18-4/h7-8H,6,9H2,1-5H3. The lowest BCUT2D eigenvalue weighted by Crippen LogP contribution is -2.27. The molecule has 1 aromatic carbocycles. The molecule has 0 radical (unpaired) electrons. The molecule has 19 heavy (non-hydrogen) atoms. The molecule has 0 aliphatic carbocycles. The van der Waals surface area contributed by atoms with Crippen LogP contribution in [-0.4, -0.2) is 45.7 Å². The number of methoxy groups -OCH3 is 3. The first-order valence-electron chi connectivity index (χ1n) is 6.10. The summed E-state index contributed by atoms with van der Waals surface area (Å²) in [6.45, 7) is 2.62. The van der Waals surface area contributed by atoms with Crippen molar-refractivity contribution in [2.75, 3.05) is 34.9 Å². The molecule has 0 N–H and O–H groups in total. The Kier molecular flexibility index (Phi) is 5.48. The molecule has 0 bridgehead atoms. The summed E-state index contributed by atoms with van der Waals surface area (Å²) in [4.78, 5) is 13.6. The van der Waals surface area contributed by atoms with Crippen LogP contribution in [0, 0.1) is 0 Å². The minimum Gasteiger partial charge on any atom is -0.493 e. The fraction of sp³-hybridized carbons (Fsp3) is 0.500. The van der Waals surface area contributed by atoms with Crippen LogP contribution in [0.3, 0.4) is 0 Å². The second kappa shape index (κ2) is 6.87. The predicted molar refractivity (Wildman–Crippen MR) is 73.1 cm³/mol. The molecule has 0 saturated carbocycles. The molecule has 5 nitrogen and oxygen atoms in total. The molecule has 0 heterocycles. The highest BCUT2D eigenvalue weighted by atomic mass is 16.5. The van der Waals surface area contributed by atoms with Crippen molar-refractivity contribution in [2.24, 2.45) is 0 Å². The number of carbonyl (C=O) groups excluding carboxylic acids is 1. The molecule has 1 amide bonds. The Hall–Kier alpha value is -1.91. The topological polar surface area (TPSA) is 48.0 Å². The Morgan fingerprint density at radius 1 is 1.11 bits per heavy atom. The van der Waals surface area contributed by atoms with Crippen molar-refractivity contribution < 1.29 is 19.0 Å². The number of nitrogens with zero attached hydrogens (tertiary/aromatic N) is 1. The zero-order valence-corrected chi connectivity index (χ0v) is 12.1. The smallest absolute Gasteiger partial charge is 0.226 e. The lowest BCUT2D eigenvalue weighted by atomic mass is 10.1. The maximum absolute atomic E-state index is 11.9. The normalized spacial score (nSPS) is 9.95. The largest absolute Gasteiger partial charge is 0.493 e. The summed E-state index contributed by atoms with van der Waals surface area (Å²) in [5.41, 5.74) is 0.833. The maximum atomic E-state index is 11.9. The molecule has 0 aliphatic heterocycles. The van der Waals surface area contributed by atoms with E-state index in [-0.39, 0.29) is 5.91 Å². The number of amides is 1. The number of rotatable bonds is 6. The summed E-state index contributed by atoms with van der Waals surface area (Å²) in [5, 5.41) is 0. The molecule has 0 saturated heterocycles. The molecule has 0 spiro atoms. The molecule has 0 unspecified atom stereocenters. The molecule has 106 valence electrons. The molecule has 0 aliphatic rings. The molecule has 0 fully saturated rings. The van der Waals surface area contributed by atoms with Crippen molar-refractivity contribution >= 4 is 5.91 Å². The average Bonchev–Trinajstić information content (AvgIpc) is 2.44. The fourth-order valence-corrected chi connectivity index (χ4v) is 1.72. The molecular weight excluding hydrogens is 246 g/mol. The van der Waals surface area contributed by atoms with Gasteiger partial charge in [-0.1, -0.05) is 0 Å². The van der Waals surface area contributed by atoms with E-state index < -0.39 is 0 Å². The van der Waals surface area contributed by atoms with E-state index in [1.54, 1.807) is 45.4 Å². The number of benzene rings is 1. The van der Waals surface area contributed by atoms with Crippen LogP contribution >= 0.6 is 0 Å². The van der Waals surface area contributed by atoms with Gasteiger partial charge in [-0.25, -0.2) is 0 Å². The maximum Gasteiger partial charge on any atom is 0.226 e. The zero-order chi connectivity index (χ0) is 14.4. The summed E-state index contributed by atoms with van der Waals surface area (Å²) in [6, 6.07) is 3.59. The van der Waals surface area contributed by atoms with E-state index in [0.717, 1.165) is 5.56 Å². The summed E-state index contributed by atoms with van der Waals surface area (Å²) in [5.74, 6) is 1.70. The fourth-order valence-electron chi connectivity index (χ4n) is 1.72. The summed E-state index contributed by atoms with van der Waals surface area (Å²) in [7, 11) is 6.44. The van der Waals surface area contributed by atoms with Crippen molar-refractivity contribution in [3.05, 3.63) is 17.7 Å². The molecular formula is C14H21NO4. The number of likely N-dealkylation sites (N-methyl/N-ethyl adjacent to an activating group) is 1. The van der Waals surface area contributed by atoms with Crippen molar-refractivity contribution in [3.8, 4) is 17.2 Å². The number of hydrogen-bond donors (Lipinski definition) is 0. The van der Waals surface area contributed by atoms with Gasteiger partial charge in [0.1, 0.15) is 0 Å². The highest BCUT2D eigenvalue weighted by Crippen LogP contribution is 2.38. The summed E-state index contributed by atoms with van der Waals surface area (Å²) in [6.07, 6.45) is 0.307. The first kappa shape index (κ1) is 15.1. The number of ether oxygens (including phenoxy) is 3. The van der Waals surface area contributed by atoms with Gasteiger partial charge in [0.2, 0.25) is 11.7 Å². The van der Waals surface area contributed by atoms with Crippen LogP contribution < -0.4 is 14.2 Å². The van der Waals surface area contributed by atoms with Crippen LogP contribution in [0.2, 0.25) is 0 Å². The monoisotopic (exact) mass is 267 g/mol. The highest BCUT2D eigenvalue weighted by molar-refractivity contribution is 5.79. The molecule has 5 heteroatoms. The lowest BCUT2D eigenvalue weighted by Gasteiger charge is -2.17. The van der Waals surface area contributed by atoms with E-state index in [4.69, 9.17) is 14.2 Å². The van der Waals surface area contributed by atoms with Crippen LogP contribution in [-0.2, 0) is 11.2 Å². The summed E-state index contributed by atoms with van der Waals surface area (Å²) < 4.78 is 15.8. The average molecular weight is 267 g/mol. The molecule has 0 atom stereocenters. The zero-order valence-electron chi connectivity index (χ0n) is 12.1. The van der Waals surface area contributed by atoms with Crippen molar-refractivity contribution in [1.29, 1.82) is 0 Å². The van der Waals surface area contributed by atoms with E-state index >= 15 is 0 Å². The van der Waals surface area contributed by atoms with E-state index in [9.17, 15) is 4.79 Å². The van der Waals surface area contributed by atoms with Crippen molar-refractivity contribution in [3.63, 3.8) is 0 Å². The second-order valence-electron chi connectivity index (χ2n) is 4.12. The predicted octanol–water partition coefficient (Wildman–Crippen LogP) is 1.73. The second-order valence-corrected chi connectivity index (χ2v) is 4.12. The van der Waals surface area contributed by atoms with Gasteiger partial charge >= 0.3 is 0 Å². The Balaban J connectivity index is 3.06. The quantitative estimate of drug-likeness (QED) is 0.787. The van der Waals surface area contributed by atoms with Crippen LogP contribution in [0.25, 0.3) is 0 Å². The van der Waals surface area contributed by atoms with Gasteiger partial charge < -0.3 is 19.1 Å². The van der Waals surface area contributed by atoms with Crippen LogP contribution in [0.1, 0.15) is 12.5 Å². The first-order chi connectivity index (χ1) is 9.07. The third-order valence-corrected chi connectivity index (χ3v) is 2.98. The summed E-state index contributed by atoms with van der Waals surface area (Å²) >= 11 is 0. The Morgan fingerprint density at radius 2 is 1.63 bits per heavy atom.